The summed E-state index contributed by atoms with van der Waals surface area (Å²) in [5.41, 5.74) is 1.52. The quantitative estimate of drug-likeness (QED) is 0.942. The molecule has 1 amide bonds. The third-order valence-electron chi connectivity index (χ3n) is 2.63. The summed E-state index contributed by atoms with van der Waals surface area (Å²) in [6.07, 6.45) is 1.62. The predicted octanol–water partition coefficient (Wildman–Crippen LogP) is 3.41. The van der Waals surface area contributed by atoms with E-state index in [2.05, 4.69) is 26.2 Å². The Balaban J connectivity index is 2.20. The molecular weight excluding hydrogens is 308 g/mol. The van der Waals surface area contributed by atoms with Crippen LogP contribution in [0, 0.1) is 6.92 Å². The highest BCUT2D eigenvalue weighted by Crippen LogP contribution is 2.20. The number of amides is 1. The predicted molar refractivity (Wildman–Crippen MR) is 77.6 cm³/mol. The molecule has 5 heteroatoms. The van der Waals surface area contributed by atoms with Crippen molar-refractivity contribution in [2.24, 2.45) is 0 Å². The fourth-order valence-corrected chi connectivity index (χ4v) is 1.96. The number of aryl methyl sites for hydroxylation is 1. The van der Waals surface area contributed by atoms with Gasteiger partial charge in [-0.2, -0.15) is 0 Å². The molecule has 1 aromatic carbocycles. The zero-order valence-electron chi connectivity index (χ0n) is 10.6. The number of benzene rings is 1. The normalized spacial score (nSPS) is 10.1. The van der Waals surface area contributed by atoms with Gasteiger partial charge in [0, 0.05) is 16.2 Å². The smallest absolute Gasteiger partial charge is 0.256 e. The second kappa shape index (κ2) is 5.84. The van der Waals surface area contributed by atoms with E-state index in [1.165, 1.54) is 0 Å². The van der Waals surface area contributed by atoms with Crippen LogP contribution in [0.15, 0.2) is 41.0 Å². The van der Waals surface area contributed by atoms with Crippen LogP contribution in [0.2, 0.25) is 0 Å². The van der Waals surface area contributed by atoms with Crippen molar-refractivity contribution in [1.29, 1.82) is 0 Å². The van der Waals surface area contributed by atoms with Gasteiger partial charge in [0.15, 0.2) is 0 Å². The zero-order valence-corrected chi connectivity index (χ0v) is 12.2. The Morgan fingerprint density at radius 1 is 1.32 bits per heavy atom. The molecule has 0 saturated heterocycles. The number of nitrogens with zero attached hydrogens (tertiary/aromatic N) is 1. The van der Waals surface area contributed by atoms with Gasteiger partial charge in [0.2, 0.25) is 0 Å². The van der Waals surface area contributed by atoms with Crippen LogP contribution in [-0.2, 0) is 0 Å². The van der Waals surface area contributed by atoms with E-state index in [0.29, 0.717) is 17.1 Å². The van der Waals surface area contributed by atoms with Crippen molar-refractivity contribution in [2.45, 2.75) is 6.92 Å². The van der Waals surface area contributed by atoms with Crippen LogP contribution in [0.4, 0.5) is 5.82 Å². The SMILES string of the molecule is COc1cc(C(=O)Nc2cc(Br)ccn2)ccc1C. The minimum absolute atomic E-state index is 0.219. The number of methoxy groups -OCH3 is 1. The number of halogens is 1. The zero-order chi connectivity index (χ0) is 13.8. The molecule has 2 rings (SSSR count). The van der Waals surface area contributed by atoms with Crippen LogP contribution in [0.25, 0.3) is 0 Å². The number of hydrogen-bond acceptors (Lipinski definition) is 3. The van der Waals surface area contributed by atoms with E-state index >= 15 is 0 Å². The van der Waals surface area contributed by atoms with E-state index in [1.807, 2.05) is 13.0 Å². The van der Waals surface area contributed by atoms with Crippen molar-refractivity contribution in [2.75, 3.05) is 12.4 Å². The maximum Gasteiger partial charge on any atom is 0.256 e. The molecule has 1 heterocycles. The Kier molecular flexibility index (Phi) is 4.16. The van der Waals surface area contributed by atoms with Crippen molar-refractivity contribution in [3.63, 3.8) is 0 Å². The molecule has 0 aliphatic carbocycles. The van der Waals surface area contributed by atoms with Crippen LogP contribution in [0.1, 0.15) is 15.9 Å². The van der Waals surface area contributed by atoms with E-state index in [0.717, 1.165) is 10.0 Å². The Morgan fingerprint density at radius 2 is 2.11 bits per heavy atom. The standard InChI is InChI=1S/C14H13BrN2O2/c1-9-3-4-10(7-12(9)19-2)14(18)17-13-8-11(15)5-6-16-13/h3-8H,1-2H3,(H,16,17,18). The van der Waals surface area contributed by atoms with Crippen molar-refractivity contribution in [1.82, 2.24) is 4.98 Å². The first-order chi connectivity index (χ1) is 9.10. The fraction of sp³-hybridized carbons (Fsp3) is 0.143. The van der Waals surface area contributed by atoms with E-state index in [4.69, 9.17) is 4.74 Å². The molecule has 0 spiro atoms. The van der Waals surface area contributed by atoms with Crippen molar-refractivity contribution in [3.8, 4) is 5.75 Å². The number of pyridine rings is 1. The summed E-state index contributed by atoms with van der Waals surface area (Å²) >= 11 is 3.33. The lowest BCUT2D eigenvalue weighted by atomic mass is 10.1. The third-order valence-corrected chi connectivity index (χ3v) is 3.13. The van der Waals surface area contributed by atoms with E-state index < -0.39 is 0 Å². The molecule has 4 nitrogen and oxygen atoms in total. The van der Waals surface area contributed by atoms with E-state index in [9.17, 15) is 4.79 Å². The second-order valence-electron chi connectivity index (χ2n) is 4.00. The van der Waals surface area contributed by atoms with Gasteiger partial charge in [0.05, 0.1) is 7.11 Å². The van der Waals surface area contributed by atoms with Gasteiger partial charge in [0.1, 0.15) is 11.6 Å². The Morgan fingerprint density at radius 3 is 2.79 bits per heavy atom. The highest BCUT2D eigenvalue weighted by atomic mass is 79.9. The number of nitrogens with one attached hydrogen (secondary N) is 1. The Labute approximate surface area is 119 Å². The summed E-state index contributed by atoms with van der Waals surface area (Å²) in [7, 11) is 1.58. The molecule has 2 aromatic rings. The molecule has 0 fully saturated rings. The maximum absolute atomic E-state index is 12.1. The summed E-state index contributed by atoms with van der Waals surface area (Å²) in [4.78, 5) is 16.2. The van der Waals surface area contributed by atoms with Crippen LogP contribution < -0.4 is 10.1 Å². The Bertz CT molecular complexity index is 614. The first kappa shape index (κ1) is 13.5. The lowest BCUT2D eigenvalue weighted by Crippen LogP contribution is -2.13. The number of carbonyl (C=O) groups is 1. The molecule has 0 unspecified atom stereocenters. The Hall–Kier alpha value is -1.88. The number of aromatic nitrogens is 1. The van der Waals surface area contributed by atoms with Gasteiger partial charge < -0.3 is 10.1 Å². The summed E-state index contributed by atoms with van der Waals surface area (Å²) in [5.74, 6) is 0.970. The van der Waals surface area contributed by atoms with Crippen LogP contribution >= 0.6 is 15.9 Å². The van der Waals surface area contributed by atoms with Gasteiger partial charge in [-0.15, -0.1) is 0 Å². The minimum atomic E-state index is -0.219. The molecule has 0 aliphatic heterocycles. The molecule has 19 heavy (non-hydrogen) atoms. The second-order valence-corrected chi connectivity index (χ2v) is 4.91. The number of hydrogen-bond donors (Lipinski definition) is 1. The van der Waals surface area contributed by atoms with Gasteiger partial charge in [-0.25, -0.2) is 4.98 Å². The first-order valence-electron chi connectivity index (χ1n) is 5.67. The molecule has 1 N–H and O–H groups in total. The molecule has 0 radical (unpaired) electrons. The average molecular weight is 321 g/mol. The monoisotopic (exact) mass is 320 g/mol. The average Bonchev–Trinajstić information content (AvgIpc) is 2.39. The first-order valence-corrected chi connectivity index (χ1v) is 6.47. The number of ether oxygens (including phenoxy) is 1. The fourth-order valence-electron chi connectivity index (χ4n) is 1.62. The van der Waals surface area contributed by atoms with Crippen molar-refractivity contribution >= 4 is 27.7 Å². The van der Waals surface area contributed by atoms with Crippen LogP contribution in [-0.4, -0.2) is 18.0 Å². The number of carbonyl (C=O) groups excluding carboxylic acids is 1. The molecule has 1 aromatic heterocycles. The van der Waals surface area contributed by atoms with Gasteiger partial charge >= 0.3 is 0 Å². The summed E-state index contributed by atoms with van der Waals surface area (Å²) in [6, 6.07) is 8.85. The summed E-state index contributed by atoms with van der Waals surface area (Å²) < 4.78 is 6.06. The molecule has 98 valence electrons. The lowest BCUT2D eigenvalue weighted by Gasteiger charge is -2.08. The molecular formula is C14H13BrN2O2. The molecule has 0 saturated carbocycles. The number of rotatable bonds is 3. The van der Waals surface area contributed by atoms with Gasteiger partial charge in [-0.3, -0.25) is 4.79 Å². The van der Waals surface area contributed by atoms with Crippen LogP contribution in [0.5, 0.6) is 5.75 Å². The van der Waals surface area contributed by atoms with Crippen molar-refractivity contribution < 1.29 is 9.53 Å². The topological polar surface area (TPSA) is 51.2 Å². The maximum atomic E-state index is 12.1. The summed E-state index contributed by atoms with van der Waals surface area (Å²) in [5, 5.41) is 2.73. The third kappa shape index (κ3) is 3.32. The van der Waals surface area contributed by atoms with E-state index in [1.54, 1.807) is 37.6 Å². The molecule has 0 atom stereocenters. The summed E-state index contributed by atoms with van der Waals surface area (Å²) in [6.45, 7) is 1.93. The van der Waals surface area contributed by atoms with Gasteiger partial charge in [0.25, 0.3) is 5.91 Å². The largest absolute Gasteiger partial charge is 0.496 e. The number of anilines is 1. The van der Waals surface area contributed by atoms with Gasteiger partial charge in [-0.05, 0) is 36.8 Å². The highest BCUT2D eigenvalue weighted by molar-refractivity contribution is 9.10. The van der Waals surface area contributed by atoms with E-state index in [-0.39, 0.29) is 5.91 Å². The van der Waals surface area contributed by atoms with Crippen LogP contribution in [0.3, 0.4) is 0 Å². The minimum Gasteiger partial charge on any atom is -0.496 e. The van der Waals surface area contributed by atoms with Gasteiger partial charge in [-0.1, -0.05) is 22.0 Å². The van der Waals surface area contributed by atoms with Crippen molar-refractivity contribution in [3.05, 3.63) is 52.1 Å². The lowest BCUT2D eigenvalue weighted by molar-refractivity contribution is 0.102. The molecule has 0 bridgehead atoms. The highest BCUT2D eigenvalue weighted by Gasteiger charge is 2.09. The molecule has 0 aliphatic rings.